The van der Waals surface area contributed by atoms with Gasteiger partial charge in [0, 0.05) is 25.0 Å². The fourth-order valence-corrected chi connectivity index (χ4v) is 1.28. The number of hydrogen-bond donors (Lipinski definition) is 1. The highest BCUT2D eigenvalue weighted by Gasteiger charge is 1.96. The second-order valence-electron chi connectivity index (χ2n) is 3.63. The van der Waals surface area contributed by atoms with Crippen molar-refractivity contribution in [2.75, 3.05) is 6.54 Å². The Morgan fingerprint density at radius 3 is 2.85 bits per heavy atom. The van der Waals surface area contributed by atoms with Gasteiger partial charge in [0.15, 0.2) is 0 Å². The second-order valence-corrected chi connectivity index (χ2v) is 3.63. The molecule has 3 heteroatoms. The molecule has 0 amide bonds. The van der Waals surface area contributed by atoms with Gasteiger partial charge in [0.2, 0.25) is 0 Å². The third-order valence-electron chi connectivity index (χ3n) is 2.05. The third-order valence-corrected chi connectivity index (χ3v) is 2.05. The normalized spacial score (nSPS) is 11.1. The molecule has 13 heavy (non-hydrogen) atoms. The number of nitrogens with zero attached hydrogens (tertiary/aromatic N) is 2. The van der Waals surface area contributed by atoms with Crippen molar-refractivity contribution in [2.45, 2.75) is 39.8 Å². The summed E-state index contributed by atoms with van der Waals surface area (Å²) in [6.07, 6.45) is 5.05. The van der Waals surface area contributed by atoms with Gasteiger partial charge < -0.3 is 9.88 Å². The van der Waals surface area contributed by atoms with E-state index in [1.54, 1.807) is 0 Å². The largest absolute Gasteiger partial charge is 0.335 e. The van der Waals surface area contributed by atoms with Crippen LogP contribution in [0.15, 0.2) is 12.4 Å². The molecule has 0 aliphatic carbocycles. The Labute approximate surface area is 80.2 Å². The van der Waals surface area contributed by atoms with Crippen LogP contribution in [0.5, 0.6) is 0 Å². The number of nitrogens with one attached hydrogen (secondary N) is 1. The van der Waals surface area contributed by atoms with E-state index in [0.717, 1.165) is 25.3 Å². The SMILES string of the molecule is Cc1nccn1CCCNC(C)C. The molecule has 1 N–H and O–H groups in total. The first-order chi connectivity index (χ1) is 6.20. The minimum absolute atomic E-state index is 0.587. The van der Waals surface area contributed by atoms with Gasteiger partial charge in [0.05, 0.1) is 0 Å². The molecule has 3 nitrogen and oxygen atoms in total. The lowest BCUT2D eigenvalue weighted by Gasteiger charge is -2.08. The van der Waals surface area contributed by atoms with E-state index in [-0.39, 0.29) is 0 Å². The zero-order valence-electron chi connectivity index (χ0n) is 8.75. The van der Waals surface area contributed by atoms with E-state index in [0.29, 0.717) is 6.04 Å². The van der Waals surface area contributed by atoms with Crippen LogP contribution in [0.1, 0.15) is 26.1 Å². The highest BCUT2D eigenvalue weighted by molar-refractivity contribution is 4.88. The maximum atomic E-state index is 4.17. The highest BCUT2D eigenvalue weighted by atomic mass is 15.1. The summed E-state index contributed by atoms with van der Waals surface area (Å²) < 4.78 is 2.18. The maximum absolute atomic E-state index is 4.17. The van der Waals surface area contributed by atoms with Gasteiger partial charge in [-0.15, -0.1) is 0 Å². The van der Waals surface area contributed by atoms with Crippen molar-refractivity contribution in [1.29, 1.82) is 0 Å². The smallest absolute Gasteiger partial charge is 0.105 e. The summed E-state index contributed by atoms with van der Waals surface area (Å²) in [4.78, 5) is 4.17. The predicted molar refractivity (Wildman–Crippen MR) is 54.7 cm³/mol. The van der Waals surface area contributed by atoms with E-state index in [4.69, 9.17) is 0 Å². The molecule has 0 aliphatic heterocycles. The van der Waals surface area contributed by atoms with Gasteiger partial charge in [-0.25, -0.2) is 4.98 Å². The van der Waals surface area contributed by atoms with Gasteiger partial charge in [-0.1, -0.05) is 13.8 Å². The number of aromatic nitrogens is 2. The van der Waals surface area contributed by atoms with Crippen molar-refractivity contribution in [2.24, 2.45) is 0 Å². The average Bonchev–Trinajstić information content (AvgIpc) is 2.45. The summed E-state index contributed by atoms with van der Waals surface area (Å²) in [6.45, 7) is 8.52. The summed E-state index contributed by atoms with van der Waals surface area (Å²) >= 11 is 0. The fourth-order valence-electron chi connectivity index (χ4n) is 1.28. The van der Waals surface area contributed by atoms with Crippen molar-refractivity contribution >= 4 is 0 Å². The molecule has 0 atom stereocenters. The molecule has 0 radical (unpaired) electrons. The van der Waals surface area contributed by atoms with Gasteiger partial charge >= 0.3 is 0 Å². The van der Waals surface area contributed by atoms with Crippen LogP contribution in [0.3, 0.4) is 0 Å². The standard InChI is InChI=1S/C10H19N3/c1-9(2)11-5-4-7-13-8-6-12-10(13)3/h6,8-9,11H,4-5,7H2,1-3H3. The van der Waals surface area contributed by atoms with E-state index >= 15 is 0 Å². The van der Waals surface area contributed by atoms with Crippen LogP contribution in [0, 0.1) is 6.92 Å². The molecule has 0 saturated carbocycles. The Bertz CT molecular complexity index is 240. The molecular formula is C10H19N3. The van der Waals surface area contributed by atoms with Gasteiger partial charge in [-0.05, 0) is 19.9 Å². The topological polar surface area (TPSA) is 29.9 Å². The Kier molecular flexibility index (Phi) is 3.96. The van der Waals surface area contributed by atoms with Crippen LogP contribution < -0.4 is 5.32 Å². The molecular weight excluding hydrogens is 162 g/mol. The monoisotopic (exact) mass is 181 g/mol. The van der Waals surface area contributed by atoms with Crippen molar-refractivity contribution in [3.63, 3.8) is 0 Å². The molecule has 0 aromatic carbocycles. The number of rotatable bonds is 5. The van der Waals surface area contributed by atoms with Crippen LogP contribution >= 0.6 is 0 Å². The number of aryl methyl sites for hydroxylation is 2. The molecule has 0 bridgehead atoms. The second kappa shape index (κ2) is 5.02. The van der Waals surface area contributed by atoms with Gasteiger partial charge in [0.25, 0.3) is 0 Å². The minimum Gasteiger partial charge on any atom is -0.335 e. The van der Waals surface area contributed by atoms with Crippen LogP contribution in [-0.4, -0.2) is 22.1 Å². The van der Waals surface area contributed by atoms with E-state index in [2.05, 4.69) is 28.7 Å². The molecule has 0 unspecified atom stereocenters. The Hall–Kier alpha value is -0.830. The Morgan fingerprint density at radius 2 is 2.31 bits per heavy atom. The van der Waals surface area contributed by atoms with Crippen molar-refractivity contribution in [1.82, 2.24) is 14.9 Å². The van der Waals surface area contributed by atoms with E-state index in [1.165, 1.54) is 0 Å². The summed E-state index contributed by atoms with van der Waals surface area (Å²) in [7, 11) is 0. The first kappa shape index (κ1) is 10.3. The van der Waals surface area contributed by atoms with Crippen LogP contribution in [0.2, 0.25) is 0 Å². The number of hydrogen-bond acceptors (Lipinski definition) is 2. The first-order valence-electron chi connectivity index (χ1n) is 4.91. The molecule has 0 spiro atoms. The van der Waals surface area contributed by atoms with Gasteiger partial charge in [0.1, 0.15) is 5.82 Å². The quantitative estimate of drug-likeness (QED) is 0.699. The van der Waals surface area contributed by atoms with Crippen molar-refractivity contribution in [3.05, 3.63) is 18.2 Å². The molecule has 1 heterocycles. The molecule has 0 fully saturated rings. The van der Waals surface area contributed by atoms with Gasteiger partial charge in [-0.2, -0.15) is 0 Å². The molecule has 74 valence electrons. The predicted octanol–water partition coefficient (Wildman–Crippen LogP) is 1.58. The van der Waals surface area contributed by atoms with Crippen LogP contribution in [-0.2, 0) is 6.54 Å². The van der Waals surface area contributed by atoms with Crippen LogP contribution in [0.4, 0.5) is 0 Å². The number of imidazole rings is 1. The third kappa shape index (κ3) is 3.59. The molecule has 1 rings (SSSR count). The average molecular weight is 181 g/mol. The zero-order valence-corrected chi connectivity index (χ0v) is 8.75. The van der Waals surface area contributed by atoms with Crippen LogP contribution in [0.25, 0.3) is 0 Å². The summed E-state index contributed by atoms with van der Waals surface area (Å²) in [5.41, 5.74) is 0. The molecule has 0 saturated heterocycles. The van der Waals surface area contributed by atoms with E-state index < -0.39 is 0 Å². The van der Waals surface area contributed by atoms with Gasteiger partial charge in [-0.3, -0.25) is 0 Å². The molecule has 1 aromatic heterocycles. The maximum Gasteiger partial charge on any atom is 0.105 e. The lowest BCUT2D eigenvalue weighted by atomic mass is 10.3. The molecule has 1 aromatic rings. The zero-order chi connectivity index (χ0) is 9.68. The Balaban J connectivity index is 2.17. The highest BCUT2D eigenvalue weighted by Crippen LogP contribution is 1.96. The van der Waals surface area contributed by atoms with E-state index in [1.807, 2.05) is 19.3 Å². The summed E-state index contributed by atoms with van der Waals surface area (Å²) in [5.74, 6) is 1.10. The minimum atomic E-state index is 0.587. The lowest BCUT2D eigenvalue weighted by molar-refractivity contribution is 0.531. The van der Waals surface area contributed by atoms with E-state index in [9.17, 15) is 0 Å². The fraction of sp³-hybridized carbons (Fsp3) is 0.700. The first-order valence-corrected chi connectivity index (χ1v) is 4.91. The Morgan fingerprint density at radius 1 is 1.54 bits per heavy atom. The van der Waals surface area contributed by atoms with Crippen molar-refractivity contribution in [3.8, 4) is 0 Å². The summed E-state index contributed by atoms with van der Waals surface area (Å²) in [5, 5.41) is 3.39. The summed E-state index contributed by atoms with van der Waals surface area (Å²) in [6, 6.07) is 0.587. The molecule has 0 aliphatic rings. The lowest BCUT2D eigenvalue weighted by Crippen LogP contribution is -2.24. The van der Waals surface area contributed by atoms with Crippen molar-refractivity contribution < 1.29 is 0 Å².